The number of hydrogen-bond acceptors (Lipinski definition) is 3. The molecule has 2 atom stereocenters. The molecule has 0 spiro atoms. The van der Waals surface area contributed by atoms with E-state index in [0.717, 1.165) is 45.2 Å². The van der Waals surface area contributed by atoms with Gasteiger partial charge in [0.05, 0.1) is 5.92 Å². The highest BCUT2D eigenvalue weighted by Crippen LogP contribution is 2.26. The Morgan fingerprint density at radius 3 is 2.45 bits per heavy atom. The second-order valence-electron chi connectivity index (χ2n) is 7.76. The fraction of sp³-hybridized carbons (Fsp3) is 0.882. The van der Waals surface area contributed by atoms with Gasteiger partial charge in [0, 0.05) is 37.6 Å². The normalized spacial score (nSPS) is 26.9. The molecule has 0 aromatic heterocycles. The van der Waals surface area contributed by atoms with Gasteiger partial charge in [-0.05, 0) is 32.1 Å². The van der Waals surface area contributed by atoms with E-state index >= 15 is 0 Å². The van der Waals surface area contributed by atoms with Crippen LogP contribution in [0.5, 0.6) is 0 Å². The molecule has 0 aromatic carbocycles. The molecule has 2 aliphatic heterocycles. The molecule has 0 radical (unpaired) electrons. The van der Waals surface area contributed by atoms with Gasteiger partial charge in [0.25, 0.3) is 0 Å². The number of nitrogens with zero attached hydrogens (tertiary/aromatic N) is 2. The molecule has 0 aromatic rings. The van der Waals surface area contributed by atoms with Crippen molar-refractivity contribution in [3.8, 4) is 0 Å². The largest absolute Gasteiger partial charge is 0.341 e. The average molecular weight is 309 g/mol. The molecule has 22 heavy (non-hydrogen) atoms. The Kier molecular flexibility index (Phi) is 5.48. The van der Waals surface area contributed by atoms with E-state index in [4.69, 9.17) is 5.73 Å². The summed E-state index contributed by atoms with van der Waals surface area (Å²) in [4.78, 5) is 29.2. The van der Waals surface area contributed by atoms with Crippen LogP contribution in [0.3, 0.4) is 0 Å². The minimum absolute atomic E-state index is 0.0489. The zero-order valence-corrected chi connectivity index (χ0v) is 14.3. The van der Waals surface area contributed by atoms with E-state index in [2.05, 4.69) is 0 Å². The quantitative estimate of drug-likeness (QED) is 0.843. The maximum Gasteiger partial charge on any atom is 0.227 e. The first-order valence-corrected chi connectivity index (χ1v) is 8.64. The first-order valence-electron chi connectivity index (χ1n) is 8.64. The van der Waals surface area contributed by atoms with Gasteiger partial charge in [-0.25, -0.2) is 0 Å². The van der Waals surface area contributed by atoms with Gasteiger partial charge in [-0.3, -0.25) is 9.59 Å². The molecule has 5 nitrogen and oxygen atoms in total. The van der Waals surface area contributed by atoms with Crippen LogP contribution < -0.4 is 5.73 Å². The standard InChI is InChI=1S/C17H31N3O2/c1-17(2,3)16(22)19-9-6-7-13(12-19)15(21)20-10-5-4-8-14(20)11-18/h13-14H,4-12,18H2,1-3H3. The van der Waals surface area contributed by atoms with E-state index in [0.29, 0.717) is 13.1 Å². The SMILES string of the molecule is CC(C)(C)C(=O)N1CCCC(C(=O)N2CCCCC2CN)C1. The van der Waals surface area contributed by atoms with Crippen LogP contribution >= 0.6 is 0 Å². The van der Waals surface area contributed by atoms with Gasteiger partial charge in [-0.15, -0.1) is 0 Å². The Morgan fingerprint density at radius 2 is 1.82 bits per heavy atom. The van der Waals surface area contributed by atoms with Crippen LogP contribution in [-0.4, -0.2) is 53.8 Å². The van der Waals surface area contributed by atoms with Crippen molar-refractivity contribution < 1.29 is 9.59 Å². The Hall–Kier alpha value is -1.10. The van der Waals surface area contributed by atoms with E-state index in [-0.39, 0.29) is 29.2 Å². The second kappa shape index (κ2) is 6.99. The molecular weight excluding hydrogens is 278 g/mol. The maximum atomic E-state index is 12.9. The lowest BCUT2D eigenvalue weighted by Gasteiger charge is -2.41. The summed E-state index contributed by atoms with van der Waals surface area (Å²) in [5, 5.41) is 0. The molecule has 2 saturated heterocycles. The molecule has 0 aliphatic carbocycles. The van der Waals surface area contributed by atoms with E-state index in [1.54, 1.807) is 0 Å². The van der Waals surface area contributed by atoms with Crippen molar-refractivity contribution in [2.45, 2.75) is 58.9 Å². The van der Waals surface area contributed by atoms with Crippen molar-refractivity contribution >= 4 is 11.8 Å². The molecule has 0 saturated carbocycles. The van der Waals surface area contributed by atoms with Crippen molar-refractivity contribution in [1.29, 1.82) is 0 Å². The Labute approximate surface area is 134 Å². The molecule has 2 N–H and O–H groups in total. The highest BCUT2D eigenvalue weighted by Gasteiger charge is 2.36. The molecule has 0 bridgehead atoms. The Bertz CT molecular complexity index is 417. The number of likely N-dealkylation sites (tertiary alicyclic amines) is 2. The predicted molar refractivity (Wildman–Crippen MR) is 87.2 cm³/mol. The molecule has 126 valence electrons. The van der Waals surface area contributed by atoms with Crippen LogP contribution in [0.1, 0.15) is 52.9 Å². The zero-order valence-electron chi connectivity index (χ0n) is 14.3. The van der Waals surface area contributed by atoms with E-state index in [1.165, 1.54) is 0 Å². The lowest BCUT2D eigenvalue weighted by atomic mass is 9.90. The van der Waals surface area contributed by atoms with Gasteiger partial charge in [0.2, 0.25) is 11.8 Å². The van der Waals surface area contributed by atoms with Crippen LogP contribution in [0.2, 0.25) is 0 Å². The summed E-state index contributed by atoms with van der Waals surface area (Å²) in [5.74, 6) is 0.313. The highest BCUT2D eigenvalue weighted by atomic mass is 16.2. The van der Waals surface area contributed by atoms with E-state index < -0.39 is 0 Å². The van der Waals surface area contributed by atoms with Crippen LogP contribution in [0, 0.1) is 11.3 Å². The van der Waals surface area contributed by atoms with Crippen molar-refractivity contribution in [3.05, 3.63) is 0 Å². The molecule has 2 fully saturated rings. The van der Waals surface area contributed by atoms with E-state index in [9.17, 15) is 9.59 Å². The van der Waals surface area contributed by atoms with Crippen molar-refractivity contribution in [3.63, 3.8) is 0 Å². The molecule has 2 heterocycles. The highest BCUT2D eigenvalue weighted by molar-refractivity contribution is 5.84. The topological polar surface area (TPSA) is 66.6 Å². The van der Waals surface area contributed by atoms with Gasteiger partial charge in [-0.1, -0.05) is 20.8 Å². The second-order valence-corrected chi connectivity index (χ2v) is 7.76. The van der Waals surface area contributed by atoms with Crippen molar-refractivity contribution in [1.82, 2.24) is 9.80 Å². The molecule has 5 heteroatoms. The van der Waals surface area contributed by atoms with Crippen LogP contribution in [0.15, 0.2) is 0 Å². The summed E-state index contributed by atoms with van der Waals surface area (Å²) in [6, 6.07) is 0.190. The third-order valence-electron chi connectivity index (χ3n) is 4.88. The zero-order chi connectivity index (χ0) is 16.3. The van der Waals surface area contributed by atoms with Crippen molar-refractivity contribution in [2.75, 3.05) is 26.2 Å². The van der Waals surface area contributed by atoms with Gasteiger partial charge < -0.3 is 15.5 Å². The minimum atomic E-state index is -0.379. The lowest BCUT2D eigenvalue weighted by molar-refractivity contribution is -0.146. The third kappa shape index (κ3) is 3.80. The summed E-state index contributed by atoms with van der Waals surface area (Å²) in [6.07, 6.45) is 5.05. The predicted octanol–water partition coefficient (Wildman–Crippen LogP) is 1.61. The summed E-state index contributed by atoms with van der Waals surface area (Å²) < 4.78 is 0. The Balaban J connectivity index is 2.02. The average Bonchev–Trinajstić information content (AvgIpc) is 2.52. The first kappa shape index (κ1) is 17.3. The van der Waals surface area contributed by atoms with Crippen LogP contribution in [0.25, 0.3) is 0 Å². The summed E-state index contributed by atoms with van der Waals surface area (Å²) in [7, 11) is 0. The van der Waals surface area contributed by atoms with Gasteiger partial charge in [-0.2, -0.15) is 0 Å². The number of piperidine rings is 2. The monoisotopic (exact) mass is 309 g/mol. The lowest BCUT2D eigenvalue weighted by Crippen LogP contribution is -2.53. The van der Waals surface area contributed by atoms with Crippen LogP contribution in [-0.2, 0) is 9.59 Å². The third-order valence-corrected chi connectivity index (χ3v) is 4.88. The summed E-state index contributed by atoms with van der Waals surface area (Å²) >= 11 is 0. The number of nitrogens with two attached hydrogens (primary N) is 1. The van der Waals surface area contributed by atoms with Crippen molar-refractivity contribution in [2.24, 2.45) is 17.1 Å². The number of carbonyl (C=O) groups excluding carboxylic acids is 2. The van der Waals surface area contributed by atoms with Gasteiger partial charge in [0.1, 0.15) is 0 Å². The van der Waals surface area contributed by atoms with Crippen LogP contribution in [0.4, 0.5) is 0 Å². The smallest absolute Gasteiger partial charge is 0.227 e. The number of carbonyl (C=O) groups is 2. The fourth-order valence-corrected chi connectivity index (χ4v) is 3.61. The molecule has 2 unspecified atom stereocenters. The summed E-state index contributed by atoms with van der Waals surface area (Å²) in [6.45, 7) is 8.54. The van der Waals surface area contributed by atoms with Gasteiger partial charge in [0.15, 0.2) is 0 Å². The number of hydrogen-bond donors (Lipinski definition) is 1. The molecule has 2 rings (SSSR count). The molecular formula is C17H31N3O2. The number of rotatable bonds is 2. The van der Waals surface area contributed by atoms with E-state index in [1.807, 2.05) is 30.6 Å². The maximum absolute atomic E-state index is 12.9. The Morgan fingerprint density at radius 1 is 1.09 bits per heavy atom. The minimum Gasteiger partial charge on any atom is -0.341 e. The van der Waals surface area contributed by atoms with Gasteiger partial charge >= 0.3 is 0 Å². The summed E-state index contributed by atoms with van der Waals surface area (Å²) in [5.41, 5.74) is 5.46. The molecule has 2 amide bonds. The number of amides is 2. The molecule has 2 aliphatic rings. The first-order chi connectivity index (χ1) is 10.3. The fourth-order valence-electron chi connectivity index (χ4n) is 3.61.